The van der Waals surface area contributed by atoms with Crippen molar-refractivity contribution in [1.82, 2.24) is 4.98 Å². The summed E-state index contributed by atoms with van der Waals surface area (Å²) in [5.41, 5.74) is 2.92. The van der Waals surface area contributed by atoms with Gasteiger partial charge >= 0.3 is 0 Å². The number of fused-ring (bicyclic) bond motifs is 2. The van der Waals surface area contributed by atoms with Gasteiger partial charge in [0.2, 0.25) is 0 Å². The molecule has 0 aliphatic carbocycles. The van der Waals surface area contributed by atoms with E-state index in [1.165, 1.54) is 5.56 Å². The summed E-state index contributed by atoms with van der Waals surface area (Å²) in [5, 5.41) is 9.81. The number of nitriles is 1. The fraction of sp³-hybridized carbons (Fsp3) is 0.182. The second-order valence-electron chi connectivity index (χ2n) is 3.42. The lowest BCUT2D eigenvalue weighted by Crippen LogP contribution is -1.85. The highest BCUT2D eigenvalue weighted by molar-refractivity contribution is 5.88. The minimum Gasteiger partial charge on any atom is -0.493 e. The minimum absolute atomic E-state index is 0.679. The van der Waals surface area contributed by atoms with E-state index < -0.39 is 0 Å². The number of rotatable bonds is 0. The Morgan fingerprint density at radius 3 is 3.21 bits per heavy atom. The van der Waals surface area contributed by atoms with Crippen LogP contribution in [0, 0.1) is 11.3 Å². The van der Waals surface area contributed by atoms with Crippen LogP contribution in [0.15, 0.2) is 18.3 Å². The van der Waals surface area contributed by atoms with E-state index in [0.29, 0.717) is 5.56 Å². The topological polar surface area (TPSA) is 48.8 Å². The number of nitrogens with one attached hydrogen (secondary N) is 1. The second kappa shape index (κ2) is 2.52. The minimum atomic E-state index is 0.679. The van der Waals surface area contributed by atoms with Crippen molar-refractivity contribution in [3.63, 3.8) is 0 Å². The van der Waals surface area contributed by atoms with Crippen LogP contribution in [0.3, 0.4) is 0 Å². The van der Waals surface area contributed by atoms with Crippen LogP contribution >= 0.6 is 0 Å². The van der Waals surface area contributed by atoms with Gasteiger partial charge in [0, 0.05) is 23.5 Å². The molecule has 1 aliphatic rings. The molecule has 3 heteroatoms. The summed E-state index contributed by atoms with van der Waals surface area (Å²) >= 11 is 0. The number of nitrogens with zero attached hydrogens (tertiary/aromatic N) is 1. The van der Waals surface area contributed by atoms with Crippen molar-refractivity contribution in [2.45, 2.75) is 6.42 Å². The Hall–Kier alpha value is -1.95. The van der Waals surface area contributed by atoms with E-state index in [0.717, 1.165) is 29.7 Å². The first-order chi connectivity index (χ1) is 6.88. The molecular formula is C11H8N2O. The zero-order valence-electron chi connectivity index (χ0n) is 7.50. The molecule has 1 aromatic heterocycles. The third-order valence-electron chi connectivity index (χ3n) is 2.61. The second-order valence-corrected chi connectivity index (χ2v) is 3.42. The van der Waals surface area contributed by atoms with Gasteiger partial charge in [-0.05, 0) is 17.7 Å². The molecule has 1 aromatic carbocycles. The number of aromatic nitrogens is 1. The number of ether oxygens (including phenoxy) is 1. The van der Waals surface area contributed by atoms with Gasteiger partial charge in [0.15, 0.2) is 0 Å². The van der Waals surface area contributed by atoms with Crippen LogP contribution in [0.4, 0.5) is 0 Å². The first kappa shape index (κ1) is 7.45. The predicted octanol–water partition coefficient (Wildman–Crippen LogP) is 1.97. The number of aromatic amines is 1. The molecule has 0 saturated carbocycles. The molecule has 2 aromatic rings. The van der Waals surface area contributed by atoms with Crippen LogP contribution in [0.5, 0.6) is 5.75 Å². The first-order valence-electron chi connectivity index (χ1n) is 4.55. The Labute approximate surface area is 80.9 Å². The van der Waals surface area contributed by atoms with Crippen molar-refractivity contribution >= 4 is 10.9 Å². The number of H-pyrrole nitrogens is 1. The molecule has 0 amide bonds. The number of hydrogen-bond acceptors (Lipinski definition) is 2. The lowest BCUT2D eigenvalue weighted by atomic mass is 10.1. The van der Waals surface area contributed by atoms with Crippen LogP contribution in [0.1, 0.15) is 11.1 Å². The monoisotopic (exact) mass is 184 g/mol. The molecular weight excluding hydrogens is 176 g/mol. The van der Waals surface area contributed by atoms with Crippen molar-refractivity contribution in [2.24, 2.45) is 0 Å². The summed E-state index contributed by atoms with van der Waals surface area (Å²) in [6, 6.07) is 6.17. The standard InChI is InChI=1S/C11H8N2O/c12-5-8-6-13-10-3-7-1-2-14-11(7)4-9(8)10/h3-4,6,13H,1-2H2. The fourth-order valence-corrected chi connectivity index (χ4v) is 1.89. The average molecular weight is 184 g/mol. The SMILES string of the molecule is N#Cc1c[nH]c2cc3c(cc12)OCC3. The summed E-state index contributed by atoms with van der Waals surface area (Å²) in [7, 11) is 0. The van der Waals surface area contributed by atoms with Crippen molar-refractivity contribution in [1.29, 1.82) is 5.26 Å². The predicted molar refractivity (Wildman–Crippen MR) is 52.2 cm³/mol. The van der Waals surface area contributed by atoms with Crippen molar-refractivity contribution < 1.29 is 4.74 Å². The zero-order valence-corrected chi connectivity index (χ0v) is 7.50. The van der Waals surface area contributed by atoms with Crippen molar-refractivity contribution in [2.75, 3.05) is 6.61 Å². The van der Waals surface area contributed by atoms with Crippen molar-refractivity contribution in [3.05, 3.63) is 29.5 Å². The van der Waals surface area contributed by atoms with E-state index in [1.54, 1.807) is 6.20 Å². The highest BCUT2D eigenvalue weighted by Crippen LogP contribution is 2.31. The van der Waals surface area contributed by atoms with Gasteiger partial charge in [-0.3, -0.25) is 0 Å². The Kier molecular flexibility index (Phi) is 1.34. The van der Waals surface area contributed by atoms with Gasteiger partial charge in [0.05, 0.1) is 12.2 Å². The smallest absolute Gasteiger partial charge is 0.123 e. The number of benzene rings is 1. The van der Waals surface area contributed by atoms with Crippen LogP contribution in [0.25, 0.3) is 10.9 Å². The van der Waals surface area contributed by atoms with E-state index in [1.807, 2.05) is 6.07 Å². The molecule has 0 saturated heterocycles. The fourth-order valence-electron chi connectivity index (χ4n) is 1.89. The molecule has 0 unspecified atom stereocenters. The van der Waals surface area contributed by atoms with Gasteiger partial charge in [-0.25, -0.2) is 0 Å². The summed E-state index contributed by atoms with van der Waals surface area (Å²) < 4.78 is 5.45. The summed E-state index contributed by atoms with van der Waals surface area (Å²) in [6.45, 7) is 0.754. The summed E-state index contributed by atoms with van der Waals surface area (Å²) in [4.78, 5) is 3.09. The molecule has 14 heavy (non-hydrogen) atoms. The average Bonchev–Trinajstić information content (AvgIpc) is 2.78. The Balaban J connectivity index is 2.37. The largest absolute Gasteiger partial charge is 0.493 e. The molecule has 0 bridgehead atoms. The van der Waals surface area contributed by atoms with Gasteiger partial charge in [-0.2, -0.15) is 5.26 Å². The lowest BCUT2D eigenvalue weighted by molar-refractivity contribution is 0.357. The van der Waals surface area contributed by atoms with Crippen LogP contribution in [-0.2, 0) is 6.42 Å². The highest BCUT2D eigenvalue weighted by atomic mass is 16.5. The Morgan fingerprint density at radius 1 is 1.43 bits per heavy atom. The molecule has 3 rings (SSSR count). The molecule has 1 aliphatic heterocycles. The third kappa shape index (κ3) is 0.854. The maximum Gasteiger partial charge on any atom is 0.123 e. The molecule has 2 heterocycles. The molecule has 0 fully saturated rings. The van der Waals surface area contributed by atoms with E-state index in [4.69, 9.17) is 10.00 Å². The molecule has 68 valence electrons. The van der Waals surface area contributed by atoms with Gasteiger partial charge in [-0.15, -0.1) is 0 Å². The highest BCUT2D eigenvalue weighted by Gasteiger charge is 2.14. The molecule has 0 radical (unpaired) electrons. The maximum atomic E-state index is 8.86. The van der Waals surface area contributed by atoms with Gasteiger partial charge < -0.3 is 9.72 Å². The molecule has 3 nitrogen and oxygen atoms in total. The normalized spacial score (nSPS) is 13.6. The Morgan fingerprint density at radius 2 is 2.36 bits per heavy atom. The van der Waals surface area contributed by atoms with Crippen LogP contribution in [0.2, 0.25) is 0 Å². The Bertz CT molecular complexity index is 548. The molecule has 0 spiro atoms. The van der Waals surface area contributed by atoms with Crippen molar-refractivity contribution in [3.8, 4) is 11.8 Å². The molecule has 1 N–H and O–H groups in total. The van der Waals surface area contributed by atoms with Gasteiger partial charge in [0.25, 0.3) is 0 Å². The third-order valence-corrected chi connectivity index (χ3v) is 2.61. The van der Waals surface area contributed by atoms with E-state index in [9.17, 15) is 0 Å². The summed E-state index contributed by atoms with van der Waals surface area (Å²) in [6.07, 6.45) is 2.70. The summed E-state index contributed by atoms with van der Waals surface area (Å²) in [5.74, 6) is 0.925. The lowest BCUT2D eigenvalue weighted by Gasteiger charge is -1.98. The van der Waals surface area contributed by atoms with Gasteiger partial charge in [0.1, 0.15) is 11.8 Å². The number of hydrogen-bond donors (Lipinski definition) is 1. The van der Waals surface area contributed by atoms with E-state index in [2.05, 4.69) is 17.1 Å². The van der Waals surface area contributed by atoms with Crippen LogP contribution < -0.4 is 4.74 Å². The zero-order chi connectivity index (χ0) is 9.54. The molecule has 0 atom stereocenters. The maximum absolute atomic E-state index is 8.86. The quantitative estimate of drug-likeness (QED) is 0.680. The first-order valence-corrected chi connectivity index (χ1v) is 4.55. The van der Waals surface area contributed by atoms with Crippen LogP contribution in [-0.4, -0.2) is 11.6 Å². The van der Waals surface area contributed by atoms with E-state index >= 15 is 0 Å². The van der Waals surface area contributed by atoms with Gasteiger partial charge in [-0.1, -0.05) is 0 Å². The van der Waals surface area contributed by atoms with E-state index in [-0.39, 0.29) is 0 Å².